The maximum absolute atomic E-state index is 5.78. The minimum absolute atomic E-state index is 0.463. The van der Waals surface area contributed by atoms with E-state index in [1.165, 1.54) is 25.7 Å². The van der Waals surface area contributed by atoms with Crippen molar-refractivity contribution in [2.45, 2.75) is 38.6 Å². The molecule has 1 aliphatic carbocycles. The summed E-state index contributed by atoms with van der Waals surface area (Å²) in [6.45, 7) is 3.28. The Hall–Kier alpha value is -1.16. The summed E-state index contributed by atoms with van der Waals surface area (Å²) in [5.74, 6) is 0. The summed E-state index contributed by atoms with van der Waals surface area (Å²) in [5, 5.41) is 0. The summed E-state index contributed by atoms with van der Waals surface area (Å²) in [4.78, 5) is 7.09. The van der Waals surface area contributed by atoms with Gasteiger partial charge in [-0.25, -0.2) is 0 Å². The van der Waals surface area contributed by atoms with Gasteiger partial charge in [0.25, 0.3) is 0 Å². The predicted octanol–water partition coefficient (Wildman–Crippen LogP) is 2.48. The number of nitrogens with zero attached hydrogens (tertiary/aromatic N) is 2. The highest BCUT2D eigenvalue weighted by Crippen LogP contribution is 2.33. The van der Waals surface area contributed by atoms with Gasteiger partial charge in [-0.15, -0.1) is 0 Å². The zero-order valence-electron chi connectivity index (χ0n) is 10.2. The molecule has 2 N–H and O–H groups in total. The SMILES string of the molecule is CCCCN(c1cnccc1C(N)=S)C1CC1. The first-order chi connectivity index (χ1) is 8.24. The lowest BCUT2D eigenvalue weighted by Crippen LogP contribution is -2.29. The normalized spacial score (nSPS) is 14.6. The van der Waals surface area contributed by atoms with Crippen LogP contribution in [0.5, 0.6) is 0 Å². The lowest BCUT2D eigenvalue weighted by Gasteiger charge is -2.26. The number of hydrogen-bond donors (Lipinski definition) is 1. The fourth-order valence-corrected chi connectivity index (χ4v) is 2.21. The molecule has 3 nitrogen and oxygen atoms in total. The molecule has 0 unspecified atom stereocenters. The van der Waals surface area contributed by atoms with E-state index in [4.69, 9.17) is 18.0 Å². The number of anilines is 1. The highest BCUT2D eigenvalue weighted by atomic mass is 32.1. The van der Waals surface area contributed by atoms with Crippen molar-refractivity contribution in [3.63, 3.8) is 0 Å². The zero-order chi connectivity index (χ0) is 12.3. The van der Waals surface area contributed by atoms with E-state index in [0.717, 1.165) is 17.8 Å². The molecule has 1 saturated carbocycles. The number of nitrogens with two attached hydrogens (primary N) is 1. The van der Waals surface area contributed by atoms with Gasteiger partial charge in [0.1, 0.15) is 4.99 Å². The lowest BCUT2D eigenvalue weighted by molar-refractivity contribution is 0.711. The first-order valence-corrected chi connectivity index (χ1v) is 6.65. The van der Waals surface area contributed by atoms with Gasteiger partial charge in [0.2, 0.25) is 0 Å². The maximum Gasteiger partial charge on any atom is 0.106 e. The third kappa shape index (κ3) is 2.94. The van der Waals surface area contributed by atoms with Gasteiger partial charge in [-0.3, -0.25) is 4.98 Å². The van der Waals surface area contributed by atoms with Gasteiger partial charge in [-0.1, -0.05) is 25.6 Å². The van der Waals surface area contributed by atoms with Crippen LogP contribution in [-0.4, -0.2) is 22.6 Å². The zero-order valence-corrected chi connectivity index (χ0v) is 11.0. The number of hydrogen-bond acceptors (Lipinski definition) is 3. The highest BCUT2D eigenvalue weighted by Gasteiger charge is 2.30. The van der Waals surface area contributed by atoms with Crippen LogP contribution in [0.2, 0.25) is 0 Å². The van der Waals surface area contributed by atoms with Gasteiger partial charge >= 0.3 is 0 Å². The standard InChI is InChI=1S/C13H19N3S/c1-2-3-8-16(10-4-5-10)12-9-15-7-6-11(12)13(14)17/h6-7,9-10H,2-5,8H2,1H3,(H2,14,17). The van der Waals surface area contributed by atoms with E-state index >= 15 is 0 Å². The first-order valence-electron chi connectivity index (χ1n) is 6.24. The molecule has 17 heavy (non-hydrogen) atoms. The van der Waals surface area contributed by atoms with Crippen molar-refractivity contribution in [2.24, 2.45) is 5.73 Å². The first kappa shape index (κ1) is 12.3. The van der Waals surface area contributed by atoms with Crippen LogP contribution in [-0.2, 0) is 0 Å². The molecule has 1 fully saturated rings. The van der Waals surface area contributed by atoms with Crippen molar-refractivity contribution >= 4 is 22.9 Å². The van der Waals surface area contributed by atoms with Crippen LogP contribution in [0.3, 0.4) is 0 Å². The molecule has 0 spiro atoms. The van der Waals surface area contributed by atoms with E-state index in [1.807, 2.05) is 12.3 Å². The van der Waals surface area contributed by atoms with E-state index in [-0.39, 0.29) is 0 Å². The monoisotopic (exact) mass is 249 g/mol. The molecule has 4 heteroatoms. The minimum Gasteiger partial charge on any atom is -0.389 e. The third-order valence-corrected chi connectivity index (χ3v) is 3.34. The van der Waals surface area contributed by atoms with Gasteiger partial charge in [0, 0.05) is 24.3 Å². The average Bonchev–Trinajstić information content (AvgIpc) is 3.14. The largest absolute Gasteiger partial charge is 0.389 e. The van der Waals surface area contributed by atoms with Crippen LogP contribution in [0, 0.1) is 0 Å². The summed E-state index contributed by atoms with van der Waals surface area (Å²) >= 11 is 5.11. The minimum atomic E-state index is 0.463. The van der Waals surface area contributed by atoms with Crippen molar-refractivity contribution < 1.29 is 0 Å². The third-order valence-electron chi connectivity index (χ3n) is 3.12. The van der Waals surface area contributed by atoms with E-state index in [2.05, 4.69) is 16.8 Å². The Morgan fingerprint density at radius 1 is 1.59 bits per heavy atom. The van der Waals surface area contributed by atoms with Gasteiger partial charge in [-0.05, 0) is 25.3 Å². The van der Waals surface area contributed by atoms with E-state index < -0.39 is 0 Å². The summed E-state index contributed by atoms with van der Waals surface area (Å²) in [7, 11) is 0. The highest BCUT2D eigenvalue weighted by molar-refractivity contribution is 7.80. The van der Waals surface area contributed by atoms with Gasteiger partial charge in [-0.2, -0.15) is 0 Å². The Balaban J connectivity index is 2.25. The van der Waals surface area contributed by atoms with Gasteiger partial charge in [0.15, 0.2) is 0 Å². The number of rotatable bonds is 6. The summed E-state index contributed by atoms with van der Waals surface area (Å²) in [6.07, 6.45) is 8.59. The molecule has 0 atom stereocenters. The quantitative estimate of drug-likeness (QED) is 0.787. The molecular weight excluding hydrogens is 230 g/mol. The Kier molecular flexibility index (Phi) is 3.94. The van der Waals surface area contributed by atoms with E-state index in [0.29, 0.717) is 11.0 Å². The van der Waals surface area contributed by atoms with Crippen molar-refractivity contribution in [1.82, 2.24) is 4.98 Å². The summed E-state index contributed by atoms with van der Waals surface area (Å²) in [5.41, 5.74) is 7.84. The van der Waals surface area contributed by atoms with Crippen molar-refractivity contribution in [3.8, 4) is 0 Å². The molecule has 0 radical (unpaired) electrons. The maximum atomic E-state index is 5.78. The predicted molar refractivity (Wildman–Crippen MR) is 75.4 cm³/mol. The van der Waals surface area contributed by atoms with E-state index in [1.54, 1.807) is 6.20 Å². The average molecular weight is 249 g/mol. The Morgan fingerprint density at radius 2 is 2.35 bits per heavy atom. The van der Waals surface area contributed by atoms with Gasteiger partial charge in [0.05, 0.1) is 11.9 Å². The van der Waals surface area contributed by atoms with Crippen LogP contribution in [0.4, 0.5) is 5.69 Å². The topological polar surface area (TPSA) is 42.2 Å². The molecule has 1 aromatic heterocycles. The molecule has 0 aliphatic heterocycles. The molecule has 0 bridgehead atoms. The molecule has 1 aliphatic rings. The fourth-order valence-electron chi connectivity index (χ4n) is 2.04. The molecule has 1 heterocycles. The molecule has 92 valence electrons. The molecule has 0 saturated heterocycles. The second-order valence-corrected chi connectivity index (χ2v) is 4.98. The second kappa shape index (κ2) is 5.45. The van der Waals surface area contributed by atoms with E-state index in [9.17, 15) is 0 Å². The van der Waals surface area contributed by atoms with Crippen molar-refractivity contribution in [2.75, 3.05) is 11.4 Å². The Bertz CT molecular complexity index is 401. The van der Waals surface area contributed by atoms with Crippen molar-refractivity contribution in [3.05, 3.63) is 24.0 Å². The number of unbranched alkanes of at least 4 members (excludes halogenated alkanes) is 1. The Morgan fingerprint density at radius 3 is 2.94 bits per heavy atom. The van der Waals surface area contributed by atoms with Gasteiger partial charge < -0.3 is 10.6 Å². The van der Waals surface area contributed by atoms with Crippen LogP contribution in [0.1, 0.15) is 38.2 Å². The number of pyridine rings is 1. The number of thiocarbonyl (C=S) groups is 1. The van der Waals surface area contributed by atoms with Crippen LogP contribution in [0.15, 0.2) is 18.5 Å². The molecule has 2 rings (SSSR count). The molecule has 1 aromatic rings. The van der Waals surface area contributed by atoms with Crippen molar-refractivity contribution in [1.29, 1.82) is 0 Å². The fraction of sp³-hybridized carbons (Fsp3) is 0.538. The molecular formula is C13H19N3S. The second-order valence-electron chi connectivity index (χ2n) is 4.54. The number of aromatic nitrogens is 1. The lowest BCUT2D eigenvalue weighted by atomic mass is 10.2. The summed E-state index contributed by atoms with van der Waals surface area (Å²) in [6, 6.07) is 2.58. The van der Waals surface area contributed by atoms with Crippen LogP contribution < -0.4 is 10.6 Å². The molecule has 0 aromatic carbocycles. The summed E-state index contributed by atoms with van der Waals surface area (Å²) < 4.78 is 0. The molecule has 0 amide bonds. The van der Waals surface area contributed by atoms with Crippen LogP contribution in [0.25, 0.3) is 0 Å². The Labute approximate surface area is 108 Å². The smallest absolute Gasteiger partial charge is 0.106 e. The van der Waals surface area contributed by atoms with Crippen LogP contribution >= 0.6 is 12.2 Å².